The molecule has 132 valence electrons. The normalized spacial score (nSPS) is 21.1. The average molecular weight is 443 g/mol. The number of benzene rings is 1. The Balaban J connectivity index is 2.34. The number of sulfonamides is 1. The van der Waals surface area contributed by atoms with Crippen molar-refractivity contribution in [2.24, 2.45) is 0 Å². The molecule has 2 rings (SSSR count). The Morgan fingerprint density at radius 2 is 2.12 bits per heavy atom. The number of carbonyl (C=O) groups excluding carboxylic acids is 1. The first kappa shape index (κ1) is 19.0. The zero-order valence-electron chi connectivity index (χ0n) is 12.5. The highest BCUT2D eigenvalue weighted by atomic mass is 79.9. The molecule has 1 aromatic rings. The van der Waals surface area contributed by atoms with E-state index in [2.05, 4.69) is 15.9 Å². The maximum Gasteiger partial charge on any atom is 0.250 e. The number of rotatable bonds is 6. The first-order valence-corrected chi connectivity index (χ1v) is 9.95. The van der Waals surface area contributed by atoms with E-state index in [0.717, 1.165) is 6.07 Å². The minimum atomic E-state index is -3.83. The largest absolute Gasteiger partial charge is 0.501 e. The maximum absolute atomic E-state index is 14.1. The van der Waals surface area contributed by atoms with E-state index in [1.807, 2.05) is 4.72 Å². The summed E-state index contributed by atoms with van der Waals surface area (Å²) in [6, 6.07) is 3.53. The summed E-state index contributed by atoms with van der Waals surface area (Å²) in [5.74, 6) is -3.53. The average Bonchev–Trinajstić information content (AvgIpc) is 2.72. The number of hydrogen-bond donors (Lipinski definition) is 2. The molecule has 1 aliphatic rings. The predicted octanol–water partition coefficient (Wildman–Crippen LogP) is 2.73. The van der Waals surface area contributed by atoms with Gasteiger partial charge in [0.05, 0.1) is 5.75 Å². The van der Waals surface area contributed by atoms with Crippen molar-refractivity contribution >= 4 is 43.3 Å². The minimum Gasteiger partial charge on any atom is -0.501 e. The Morgan fingerprint density at radius 3 is 2.75 bits per heavy atom. The van der Waals surface area contributed by atoms with Crippen molar-refractivity contribution in [3.05, 3.63) is 46.2 Å². The second kappa shape index (κ2) is 6.89. The van der Waals surface area contributed by atoms with Crippen LogP contribution in [0.25, 0.3) is 0 Å². The molecular weight excluding hydrogens is 429 g/mol. The van der Waals surface area contributed by atoms with Gasteiger partial charge in [0.2, 0.25) is 27.3 Å². The van der Waals surface area contributed by atoms with Gasteiger partial charge in [-0.05, 0) is 31.5 Å². The number of carbonyl (C=O) groups is 1. The number of aliphatic hydroxyl groups is 1. The molecule has 0 radical (unpaired) electrons. The van der Waals surface area contributed by atoms with Gasteiger partial charge < -0.3 is 9.84 Å². The smallest absolute Gasteiger partial charge is 0.250 e. The molecule has 0 fully saturated rings. The van der Waals surface area contributed by atoms with Crippen molar-refractivity contribution in [3.63, 3.8) is 0 Å². The zero-order valence-corrected chi connectivity index (χ0v) is 15.6. The first-order valence-electron chi connectivity index (χ1n) is 6.80. The van der Waals surface area contributed by atoms with Crippen molar-refractivity contribution in [2.45, 2.75) is 18.9 Å². The lowest BCUT2D eigenvalue weighted by atomic mass is 9.91. The highest BCUT2D eigenvalue weighted by molar-refractivity contribution is 9.09. The molecule has 10 heteroatoms. The summed E-state index contributed by atoms with van der Waals surface area (Å²) in [5, 5.41) is 10.5. The topological polar surface area (TPSA) is 92.7 Å². The van der Waals surface area contributed by atoms with E-state index >= 15 is 0 Å². The van der Waals surface area contributed by atoms with Crippen LogP contribution in [0.2, 0.25) is 5.02 Å². The van der Waals surface area contributed by atoms with Crippen LogP contribution in [0, 0.1) is 5.82 Å². The molecule has 0 bridgehead atoms. The molecule has 0 saturated carbocycles. The first-order chi connectivity index (χ1) is 11.1. The van der Waals surface area contributed by atoms with Gasteiger partial charge in [0.25, 0.3) is 5.78 Å². The van der Waals surface area contributed by atoms with Gasteiger partial charge >= 0.3 is 0 Å². The molecule has 0 saturated heterocycles. The van der Waals surface area contributed by atoms with Gasteiger partial charge in [0.1, 0.15) is 5.82 Å². The third-order valence-electron chi connectivity index (χ3n) is 3.41. The van der Waals surface area contributed by atoms with Crippen LogP contribution in [0.1, 0.15) is 18.9 Å². The summed E-state index contributed by atoms with van der Waals surface area (Å²) in [5.41, 5.74) is -2.13. The van der Waals surface area contributed by atoms with Crippen LogP contribution in [0.5, 0.6) is 0 Å². The number of ketones is 1. The lowest BCUT2D eigenvalue weighted by Crippen LogP contribution is -2.33. The predicted molar refractivity (Wildman–Crippen MR) is 89.8 cm³/mol. The molecule has 1 heterocycles. The maximum atomic E-state index is 14.1. The van der Waals surface area contributed by atoms with E-state index in [1.54, 1.807) is 0 Å². The van der Waals surface area contributed by atoms with Crippen LogP contribution >= 0.6 is 27.5 Å². The number of ether oxygens (including phenoxy) is 1. The second-order valence-electron chi connectivity index (χ2n) is 5.23. The molecule has 1 atom stereocenters. The zero-order chi connectivity index (χ0) is 18.1. The molecule has 0 amide bonds. The van der Waals surface area contributed by atoms with Crippen LogP contribution < -0.4 is 4.72 Å². The number of hydrogen-bond acceptors (Lipinski definition) is 5. The second-order valence-corrected chi connectivity index (χ2v) is 8.30. The fraction of sp³-hybridized carbons (Fsp3) is 0.357. The summed E-state index contributed by atoms with van der Waals surface area (Å²) in [7, 11) is -3.83. The van der Waals surface area contributed by atoms with E-state index in [0.29, 0.717) is 11.8 Å². The summed E-state index contributed by atoms with van der Waals surface area (Å²) in [4.78, 5) is 12.3. The monoisotopic (exact) mass is 441 g/mol. The molecule has 0 aliphatic carbocycles. The van der Waals surface area contributed by atoms with E-state index < -0.39 is 38.9 Å². The number of alkyl halides is 1. The lowest BCUT2D eigenvalue weighted by molar-refractivity contribution is -0.132. The molecule has 24 heavy (non-hydrogen) atoms. The fourth-order valence-corrected chi connectivity index (χ4v) is 4.05. The number of aliphatic hydroxyl groups excluding tert-OH is 1. The molecule has 1 aliphatic heterocycles. The molecule has 0 spiro atoms. The van der Waals surface area contributed by atoms with Crippen LogP contribution in [-0.4, -0.2) is 30.4 Å². The van der Waals surface area contributed by atoms with Gasteiger partial charge in [-0.15, -0.1) is 0 Å². The Hall–Kier alpha value is -1.32. The van der Waals surface area contributed by atoms with E-state index in [-0.39, 0.29) is 16.3 Å². The standard InChI is InChI=1S/C14H14BrClFNO5S/c1-14(9-7-8(16)3-4-10(9)17)12(20)11(19)13(23-14)18-24(21,22)6-2-5-15/h3-4,7,18-19H,2,5-6H2,1H3. The highest BCUT2D eigenvalue weighted by Gasteiger charge is 2.50. The highest BCUT2D eigenvalue weighted by Crippen LogP contribution is 2.39. The van der Waals surface area contributed by atoms with Crippen LogP contribution in [-0.2, 0) is 25.2 Å². The summed E-state index contributed by atoms with van der Waals surface area (Å²) in [6.07, 6.45) is 0.317. The van der Waals surface area contributed by atoms with E-state index in [9.17, 15) is 22.7 Å². The summed E-state index contributed by atoms with van der Waals surface area (Å²) >= 11 is 8.92. The molecule has 2 N–H and O–H groups in total. The Labute approximate surface area is 151 Å². The van der Waals surface area contributed by atoms with Crippen LogP contribution in [0.3, 0.4) is 0 Å². The summed E-state index contributed by atoms with van der Waals surface area (Å²) < 4.78 is 45.2. The Kier molecular flexibility index (Phi) is 5.46. The molecular formula is C14H14BrClFNO5S. The summed E-state index contributed by atoms with van der Waals surface area (Å²) in [6.45, 7) is 1.22. The quantitative estimate of drug-likeness (QED) is 0.661. The minimum absolute atomic E-state index is 0.162. The van der Waals surface area contributed by atoms with E-state index in [4.69, 9.17) is 16.3 Å². The van der Waals surface area contributed by atoms with Crippen LogP contribution in [0.15, 0.2) is 29.8 Å². The van der Waals surface area contributed by atoms with E-state index in [1.165, 1.54) is 19.1 Å². The van der Waals surface area contributed by atoms with Gasteiger partial charge in [0, 0.05) is 15.9 Å². The SMILES string of the molecule is CC1(c2cc(Cl)ccc2F)OC(NS(=O)(=O)CCCBr)=C(O)C1=O. The molecule has 0 aromatic heterocycles. The van der Waals surface area contributed by atoms with Crippen molar-refractivity contribution in [1.82, 2.24) is 4.72 Å². The van der Waals surface area contributed by atoms with Gasteiger partial charge in [-0.3, -0.25) is 9.52 Å². The van der Waals surface area contributed by atoms with Crippen LogP contribution in [0.4, 0.5) is 4.39 Å². The van der Waals surface area contributed by atoms with Crippen molar-refractivity contribution in [2.75, 3.05) is 11.1 Å². The van der Waals surface area contributed by atoms with Crippen molar-refractivity contribution < 1.29 is 27.4 Å². The van der Waals surface area contributed by atoms with Gasteiger partial charge in [0.15, 0.2) is 0 Å². The lowest BCUT2D eigenvalue weighted by Gasteiger charge is -2.24. The number of halogens is 3. The number of Topliss-reactive ketones (excluding diaryl/α,β-unsaturated/α-hetero) is 1. The van der Waals surface area contributed by atoms with Gasteiger partial charge in [-0.25, -0.2) is 12.8 Å². The van der Waals surface area contributed by atoms with Crippen molar-refractivity contribution in [1.29, 1.82) is 0 Å². The Bertz CT molecular complexity index is 813. The fourth-order valence-electron chi connectivity index (χ4n) is 2.17. The van der Waals surface area contributed by atoms with Gasteiger partial charge in [-0.2, -0.15) is 0 Å². The third kappa shape index (κ3) is 3.68. The van der Waals surface area contributed by atoms with Gasteiger partial charge in [-0.1, -0.05) is 27.5 Å². The van der Waals surface area contributed by atoms with Crippen molar-refractivity contribution in [3.8, 4) is 0 Å². The number of nitrogens with one attached hydrogen (secondary N) is 1. The molecule has 6 nitrogen and oxygen atoms in total. The Morgan fingerprint density at radius 1 is 1.46 bits per heavy atom. The third-order valence-corrected chi connectivity index (χ3v) is 5.53. The molecule has 1 unspecified atom stereocenters. The molecule has 1 aromatic carbocycles.